The minimum Gasteiger partial charge on any atom is -0.402 e. The topological polar surface area (TPSA) is 43.1 Å². The Bertz CT molecular complexity index is 255. The molecule has 1 aliphatic rings. The first-order valence-corrected chi connectivity index (χ1v) is 3.95. The van der Waals surface area contributed by atoms with Gasteiger partial charge >= 0.3 is 0 Å². The van der Waals surface area contributed by atoms with Gasteiger partial charge in [-0.3, -0.25) is 0 Å². The van der Waals surface area contributed by atoms with Gasteiger partial charge in [0, 0.05) is 18.0 Å². The lowest BCUT2D eigenvalue weighted by molar-refractivity contribution is -0.109. The maximum absolute atomic E-state index is 12.8. The number of hydrogen-bond donors (Lipinski definition) is 1. The Hall–Kier alpha value is -1.12. The molecule has 0 saturated heterocycles. The molecule has 0 fully saturated rings. The summed E-state index contributed by atoms with van der Waals surface area (Å²) in [7, 11) is 0. The molecule has 1 atom stereocenters. The van der Waals surface area contributed by atoms with Crippen LogP contribution in [0.15, 0.2) is 23.2 Å². The number of allylic oxidation sites excluding steroid dienone is 4. The predicted octanol–water partition coefficient (Wildman–Crippen LogP) is 1.68. The molecule has 66 valence electrons. The van der Waals surface area contributed by atoms with E-state index in [9.17, 15) is 9.18 Å². The Kier molecular flexibility index (Phi) is 2.63. The molecule has 0 aromatic heterocycles. The third-order valence-electron chi connectivity index (χ3n) is 2.01. The zero-order valence-electron chi connectivity index (χ0n) is 7.01. The van der Waals surface area contributed by atoms with E-state index in [-0.39, 0.29) is 11.7 Å². The summed E-state index contributed by atoms with van der Waals surface area (Å²) in [5, 5.41) is 0. The molecule has 1 rings (SSSR count). The normalized spacial score (nSPS) is 20.3. The fourth-order valence-corrected chi connectivity index (χ4v) is 1.23. The van der Waals surface area contributed by atoms with Crippen LogP contribution in [0.5, 0.6) is 0 Å². The molecule has 12 heavy (non-hydrogen) atoms. The maximum atomic E-state index is 12.8. The largest absolute Gasteiger partial charge is 0.402 e. The monoisotopic (exact) mass is 169 g/mol. The van der Waals surface area contributed by atoms with E-state index in [1.165, 1.54) is 6.08 Å². The van der Waals surface area contributed by atoms with Gasteiger partial charge < -0.3 is 10.5 Å². The van der Waals surface area contributed by atoms with Crippen LogP contribution < -0.4 is 5.73 Å². The molecule has 0 aliphatic heterocycles. The van der Waals surface area contributed by atoms with Crippen LogP contribution in [0, 0.1) is 5.92 Å². The minimum atomic E-state index is -0.295. The van der Waals surface area contributed by atoms with E-state index in [1.54, 1.807) is 6.92 Å². The van der Waals surface area contributed by atoms with Crippen LogP contribution >= 0.6 is 0 Å². The second-order valence-corrected chi connectivity index (χ2v) is 3.00. The molecule has 0 spiro atoms. The molecular weight excluding hydrogens is 157 g/mol. The quantitative estimate of drug-likeness (QED) is 0.639. The highest BCUT2D eigenvalue weighted by Crippen LogP contribution is 2.25. The number of hydrogen-bond acceptors (Lipinski definition) is 2. The first-order valence-electron chi connectivity index (χ1n) is 3.95. The van der Waals surface area contributed by atoms with Crippen molar-refractivity contribution in [3.8, 4) is 0 Å². The van der Waals surface area contributed by atoms with E-state index in [2.05, 4.69) is 0 Å². The number of rotatable bonds is 2. The van der Waals surface area contributed by atoms with Crippen molar-refractivity contribution in [1.82, 2.24) is 0 Å². The van der Waals surface area contributed by atoms with Crippen LogP contribution in [-0.2, 0) is 4.79 Å². The summed E-state index contributed by atoms with van der Waals surface area (Å²) in [4.78, 5) is 10.4. The summed E-state index contributed by atoms with van der Waals surface area (Å²) in [6.45, 7) is 1.71. The van der Waals surface area contributed by atoms with E-state index in [1.807, 2.05) is 0 Å². The molecule has 2 N–H and O–H groups in total. The summed E-state index contributed by atoms with van der Waals surface area (Å²) in [5.74, 6) is -0.482. The molecule has 0 radical (unpaired) electrons. The van der Waals surface area contributed by atoms with Gasteiger partial charge in [-0.05, 0) is 18.1 Å². The molecule has 0 aromatic carbocycles. The molecule has 1 aliphatic carbocycles. The third-order valence-corrected chi connectivity index (χ3v) is 2.01. The van der Waals surface area contributed by atoms with E-state index in [4.69, 9.17) is 5.73 Å². The Morgan fingerprint density at radius 1 is 1.67 bits per heavy atom. The third kappa shape index (κ3) is 1.72. The predicted molar refractivity (Wildman–Crippen MR) is 44.9 cm³/mol. The van der Waals surface area contributed by atoms with Crippen molar-refractivity contribution in [2.45, 2.75) is 19.8 Å². The summed E-state index contributed by atoms with van der Waals surface area (Å²) < 4.78 is 12.8. The Morgan fingerprint density at radius 2 is 2.33 bits per heavy atom. The lowest BCUT2D eigenvalue weighted by atomic mass is 9.94. The standard InChI is InChI=1S/C9H12FNO/c1-6(5-12)8-4-7(10)2-3-9(8)11/h4-6H,2-3,11H2,1H3. The van der Waals surface area contributed by atoms with Crippen molar-refractivity contribution in [1.29, 1.82) is 0 Å². The SMILES string of the molecule is CC(C=O)C1=C(N)CCC(F)=C1. The molecule has 3 heteroatoms. The van der Waals surface area contributed by atoms with Crippen LogP contribution in [0.4, 0.5) is 4.39 Å². The molecule has 0 amide bonds. The highest BCUT2D eigenvalue weighted by molar-refractivity contribution is 5.61. The number of aldehydes is 1. The summed E-state index contributed by atoms with van der Waals surface area (Å²) in [6.07, 6.45) is 3.03. The molecule has 1 unspecified atom stereocenters. The minimum absolute atomic E-state index is 0.187. The highest BCUT2D eigenvalue weighted by atomic mass is 19.1. The van der Waals surface area contributed by atoms with Gasteiger partial charge in [-0.25, -0.2) is 4.39 Å². The van der Waals surface area contributed by atoms with Crippen molar-refractivity contribution in [3.05, 3.63) is 23.2 Å². The van der Waals surface area contributed by atoms with E-state index in [0.717, 1.165) is 6.29 Å². The van der Waals surface area contributed by atoms with Gasteiger partial charge in [0.25, 0.3) is 0 Å². The van der Waals surface area contributed by atoms with Gasteiger partial charge in [0.05, 0.1) is 0 Å². The van der Waals surface area contributed by atoms with Crippen molar-refractivity contribution in [3.63, 3.8) is 0 Å². The molecule has 0 aromatic rings. The van der Waals surface area contributed by atoms with Crippen molar-refractivity contribution in [2.75, 3.05) is 0 Å². The van der Waals surface area contributed by atoms with Crippen molar-refractivity contribution >= 4 is 6.29 Å². The number of halogens is 1. The van der Waals surface area contributed by atoms with E-state index in [0.29, 0.717) is 24.1 Å². The second-order valence-electron chi connectivity index (χ2n) is 3.00. The fourth-order valence-electron chi connectivity index (χ4n) is 1.23. The maximum Gasteiger partial charge on any atom is 0.127 e. The van der Waals surface area contributed by atoms with Crippen molar-refractivity contribution in [2.24, 2.45) is 11.7 Å². The molecule has 0 heterocycles. The fraction of sp³-hybridized carbons (Fsp3) is 0.444. The average molecular weight is 169 g/mol. The molecule has 0 bridgehead atoms. The van der Waals surface area contributed by atoms with Gasteiger partial charge in [-0.2, -0.15) is 0 Å². The lowest BCUT2D eigenvalue weighted by Gasteiger charge is -2.15. The number of carbonyl (C=O) groups excluding carboxylic acids is 1. The van der Waals surface area contributed by atoms with Crippen LogP contribution in [0.3, 0.4) is 0 Å². The van der Waals surface area contributed by atoms with Crippen LogP contribution in [0.1, 0.15) is 19.8 Å². The van der Waals surface area contributed by atoms with Gasteiger partial charge in [-0.15, -0.1) is 0 Å². The van der Waals surface area contributed by atoms with Crippen LogP contribution in [0.25, 0.3) is 0 Å². The van der Waals surface area contributed by atoms with E-state index < -0.39 is 0 Å². The Labute approximate surface area is 70.9 Å². The smallest absolute Gasteiger partial charge is 0.127 e. The zero-order chi connectivity index (χ0) is 9.14. The van der Waals surface area contributed by atoms with Gasteiger partial charge in [-0.1, -0.05) is 6.92 Å². The molecule has 0 saturated carbocycles. The van der Waals surface area contributed by atoms with E-state index >= 15 is 0 Å². The van der Waals surface area contributed by atoms with Gasteiger partial charge in [0.15, 0.2) is 0 Å². The summed E-state index contributed by atoms with van der Waals surface area (Å²) in [6, 6.07) is 0. The Balaban J connectivity index is 2.92. The number of nitrogens with two attached hydrogens (primary N) is 1. The average Bonchev–Trinajstić information content (AvgIpc) is 2.08. The van der Waals surface area contributed by atoms with Crippen molar-refractivity contribution < 1.29 is 9.18 Å². The second kappa shape index (κ2) is 3.52. The first-order chi connectivity index (χ1) is 5.65. The first kappa shape index (κ1) is 8.97. The lowest BCUT2D eigenvalue weighted by Crippen LogP contribution is -2.12. The highest BCUT2D eigenvalue weighted by Gasteiger charge is 2.15. The van der Waals surface area contributed by atoms with Gasteiger partial charge in [0.1, 0.15) is 12.1 Å². The van der Waals surface area contributed by atoms with Crippen LogP contribution in [-0.4, -0.2) is 6.29 Å². The zero-order valence-corrected chi connectivity index (χ0v) is 7.01. The molecular formula is C9H12FNO. The number of carbonyl (C=O) groups is 1. The summed E-state index contributed by atoms with van der Waals surface area (Å²) >= 11 is 0. The summed E-state index contributed by atoms with van der Waals surface area (Å²) in [5.41, 5.74) is 6.90. The van der Waals surface area contributed by atoms with Crippen LogP contribution in [0.2, 0.25) is 0 Å². The molecule has 2 nitrogen and oxygen atoms in total. The van der Waals surface area contributed by atoms with Gasteiger partial charge in [0.2, 0.25) is 0 Å². The Morgan fingerprint density at radius 3 is 2.92 bits per heavy atom.